The zero-order valence-electron chi connectivity index (χ0n) is 10.6. The van der Waals surface area contributed by atoms with E-state index in [1.54, 1.807) is 0 Å². The molecule has 0 heterocycles. The molecule has 0 bridgehead atoms. The molecule has 1 atom stereocenters. The molecular formula is C15H26O. The van der Waals surface area contributed by atoms with Crippen LogP contribution in [0.4, 0.5) is 0 Å². The standard InChI is InChI=1S/C15H26O/c1-12-7-9-14(10-8-12)15(16)11-13-5-3-2-4-6-13/h5,12,14-16H,2-4,6-11H2,1H3. The Hall–Kier alpha value is -0.300. The average molecular weight is 222 g/mol. The quantitative estimate of drug-likeness (QED) is 0.714. The third-order valence-electron chi connectivity index (χ3n) is 4.46. The van der Waals surface area contributed by atoms with Gasteiger partial charge < -0.3 is 5.11 Å². The van der Waals surface area contributed by atoms with Crippen molar-refractivity contribution in [1.82, 2.24) is 0 Å². The molecule has 0 amide bonds. The number of aliphatic hydroxyl groups excluding tert-OH is 1. The van der Waals surface area contributed by atoms with E-state index in [2.05, 4.69) is 13.0 Å². The molecule has 1 fully saturated rings. The van der Waals surface area contributed by atoms with Crippen LogP contribution in [0.25, 0.3) is 0 Å². The molecule has 16 heavy (non-hydrogen) atoms. The molecule has 0 radical (unpaired) electrons. The number of aliphatic hydroxyl groups is 1. The van der Waals surface area contributed by atoms with Crippen molar-refractivity contribution in [3.05, 3.63) is 11.6 Å². The lowest BCUT2D eigenvalue weighted by Crippen LogP contribution is -2.25. The average Bonchev–Trinajstić information content (AvgIpc) is 2.31. The summed E-state index contributed by atoms with van der Waals surface area (Å²) in [5, 5.41) is 10.3. The van der Waals surface area contributed by atoms with E-state index in [4.69, 9.17) is 0 Å². The minimum absolute atomic E-state index is 0.0585. The second kappa shape index (κ2) is 5.86. The topological polar surface area (TPSA) is 20.2 Å². The minimum Gasteiger partial charge on any atom is -0.393 e. The summed E-state index contributed by atoms with van der Waals surface area (Å²) in [5.41, 5.74) is 1.53. The van der Waals surface area contributed by atoms with Gasteiger partial charge in [0.2, 0.25) is 0 Å². The van der Waals surface area contributed by atoms with Crippen molar-refractivity contribution in [2.45, 2.75) is 70.8 Å². The van der Waals surface area contributed by atoms with Crippen molar-refractivity contribution >= 4 is 0 Å². The maximum Gasteiger partial charge on any atom is 0.0605 e. The fourth-order valence-electron chi connectivity index (χ4n) is 3.20. The Morgan fingerprint density at radius 1 is 1.25 bits per heavy atom. The summed E-state index contributed by atoms with van der Waals surface area (Å²) in [6, 6.07) is 0. The van der Waals surface area contributed by atoms with E-state index in [1.807, 2.05) is 0 Å². The zero-order valence-corrected chi connectivity index (χ0v) is 10.6. The van der Waals surface area contributed by atoms with Crippen molar-refractivity contribution < 1.29 is 5.11 Å². The van der Waals surface area contributed by atoms with Crippen LogP contribution >= 0.6 is 0 Å². The Bertz CT molecular complexity index is 236. The fraction of sp³-hybridized carbons (Fsp3) is 0.867. The smallest absolute Gasteiger partial charge is 0.0605 e. The van der Waals surface area contributed by atoms with Gasteiger partial charge in [-0.1, -0.05) is 31.4 Å². The van der Waals surface area contributed by atoms with Gasteiger partial charge >= 0.3 is 0 Å². The van der Waals surface area contributed by atoms with Crippen LogP contribution in [0.15, 0.2) is 11.6 Å². The highest BCUT2D eigenvalue weighted by atomic mass is 16.3. The van der Waals surface area contributed by atoms with Crippen molar-refractivity contribution in [2.24, 2.45) is 11.8 Å². The first-order chi connectivity index (χ1) is 7.75. The van der Waals surface area contributed by atoms with Gasteiger partial charge in [0.1, 0.15) is 0 Å². The summed E-state index contributed by atoms with van der Waals surface area (Å²) in [6.07, 6.45) is 13.6. The number of hydrogen-bond acceptors (Lipinski definition) is 1. The Balaban J connectivity index is 1.78. The zero-order chi connectivity index (χ0) is 11.4. The van der Waals surface area contributed by atoms with Crippen molar-refractivity contribution in [3.63, 3.8) is 0 Å². The Kier molecular flexibility index (Phi) is 4.45. The van der Waals surface area contributed by atoms with E-state index in [-0.39, 0.29) is 6.10 Å². The van der Waals surface area contributed by atoms with Crippen LogP contribution < -0.4 is 0 Å². The third kappa shape index (κ3) is 3.35. The lowest BCUT2D eigenvalue weighted by Gasteiger charge is -2.30. The molecule has 92 valence electrons. The number of rotatable bonds is 3. The summed E-state index contributed by atoms with van der Waals surface area (Å²) in [6.45, 7) is 2.34. The summed E-state index contributed by atoms with van der Waals surface area (Å²) in [7, 11) is 0. The van der Waals surface area contributed by atoms with Crippen LogP contribution in [0.5, 0.6) is 0 Å². The molecular weight excluding hydrogens is 196 g/mol. The van der Waals surface area contributed by atoms with Gasteiger partial charge in [-0.05, 0) is 56.8 Å². The van der Waals surface area contributed by atoms with Crippen LogP contribution in [0.1, 0.15) is 64.7 Å². The first kappa shape index (κ1) is 12.2. The van der Waals surface area contributed by atoms with E-state index in [0.29, 0.717) is 5.92 Å². The van der Waals surface area contributed by atoms with Gasteiger partial charge in [0.15, 0.2) is 0 Å². The first-order valence-electron chi connectivity index (χ1n) is 7.11. The summed E-state index contributed by atoms with van der Waals surface area (Å²) in [5.74, 6) is 1.47. The lowest BCUT2D eigenvalue weighted by molar-refractivity contribution is 0.0751. The van der Waals surface area contributed by atoms with Gasteiger partial charge in [-0.2, -0.15) is 0 Å². The fourth-order valence-corrected chi connectivity index (χ4v) is 3.20. The van der Waals surface area contributed by atoms with Gasteiger partial charge in [-0.25, -0.2) is 0 Å². The summed E-state index contributed by atoms with van der Waals surface area (Å²) < 4.78 is 0. The van der Waals surface area contributed by atoms with Gasteiger partial charge in [-0.3, -0.25) is 0 Å². The molecule has 2 rings (SSSR count). The second-order valence-electron chi connectivity index (χ2n) is 5.90. The van der Waals surface area contributed by atoms with Crippen molar-refractivity contribution in [2.75, 3.05) is 0 Å². The highest BCUT2D eigenvalue weighted by molar-refractivity contribution is 5.06. The van der Waals surface area contributed by atoms with Crippen LogP contribution in [0, 0.1) is 11.8 Å². The molecule has 1 saturated carbocycles. The monoisotopic (exact) mass is 222 g/mol. The van der Waals surface area contributed by atoms with Gasteiger partial charge in [0, 0.05) is 0 Å². The Morgan fingerprint density at radius 3 is 2.62 bits per heavy atom. The highest BCUT2D eigenvalue weighted by Crippen LogP contribution is 2.33. The van der Waals surface area contributed by atoms with Crippen LogP contribution in [0.3, 0.4) is 0 Å². The molecule has 1 N–H and O–H groups in total. The molecule has 0 aromatic rings. The van der Waals surface area contributed by atoms with E-state index in [1.165, 1.54) is 56.9 Å². The van der Waals surface area contributed by atoms with Crippen molar-refractivity contribution in [3.8, 4) is 0 Å². The Morgan fingerprint density at radius 2 is 2.00 bits per heavy atom. The predicted molar refractivity (Wildman–Crippen MR) is 68.3 cm³/mol. The molecule has 1 nitrogen and oxygen atoms in total. The molecule has 1 heteroatoms. The highest BCUT2D eigenvalue weighted by Gasteiger charge is 2.25. The first-order valence-corrected chi connectivity index (χ1v) is 7.11. The van der Waals surface area contributed by atoms with E-state index in [9.17, 15) is 5.11 Å². The van der Waals surface area contributed by atoms with Crippen LogP contribution in [-0.2, 0) is 0 Å². The SMILES string of the molecule is CC1CCC(C(O)CC2=CCCCC2)CC1. The molecule has 0 saturated heterocycles. The van der Waals surface area contributed by atoms with E-state index in [0.717, 1.165) is 12.3 Å². The summed E-state index contributed by atoms with van der Waals surface area (Å²) in [4.78, 5) is 0. The normalized spacial score (nSPS) is 33.2. The second-order valence-corrected chi connectivity index (χ2v) is 5.90. The van der Waals surface area contributed by atoms with E-state index >= 15 is 0 Å². The lowest BCUT2D eigenvalue weighted by atomic mass is 9.78. The van der Waals surface area contributed by atoms with Crippen LogP contribution in [0.2, 0.25) is 0 Å². The predicted octanol–water partition coefficient (Wildman–Crippen LogP) is 4.06. The van der Waals surface area contributed by atoms with Gasteiger partial charge in [0.05, 0.1) is 6.10 Å². The molecule has 0 spiro atoms. The number of hydrogen-bond donors (Lipinski definition) is 1. The Labute approximate surface area is 99.9 Å². The maximum atomic E-state index is 10.3. The third-order valence-corrected chi connectivity index (χ3v) is 4.46. The molecule has 0 aliphatic heterocycles. The largest absolute Gasteiger partial charge is 0.393 e. The molecule has 1 unspecified atom stereocenters. The molecule has 2 aliphatic rings. The minimum atomic E-state index is -0.0585. The van der Waals surface area contributed by atoms with Gasteiger partial charge in [-0.15, -0.1) is 0 Å². The molecule has 2 aliphatic carbocycles. The van der Waals surface area contributed by atoms with Gasteiger partial charge in [0.25, 0.3) is 0 Å². The van der Waals surface area contributed by atoms with Crippen LogP contribution in [-0.4, -0.2) is 11.2 Å². The number of allylic oxidation sites excluding steroid dienone is 1. The van der Waals surface area contributed by atoms with E-state index < -0.39 is 0 Å². The molecule has 0 aromatic carbocycles. The summed E-state index contributed by atoms with van der Waals surface area (Å²) >= 11 is 0. The van der Waals surface area contributed by atoms with Crippen molar-refractivity contribution in [1.29, 1.82) is 0 Å². The maximum absolute atomic E-state index is 10.3. The molecule has 0 aromatic heterocycles.